The van der Waals surface area contributed by atoms with Gasteiger partial charge in [-0.25, -0.2) is 9.59 Å². The summed E-state index contributed by atoms with van der Waals surface area (Å²) in [6.07, 6.45) is 2.58. The molecule has 0 unspecified atom stereocenters. The molecule has 152 valence electrons. The number of benzene rings is 1. The van der Waals surface area contributed by atoms with E-state index in [1.807, 2.05) is 0 Å². The fraction of sp³-hybridized carbons (Fsp3) is 0.200. The monoisotopic (exact) mass is 401 g/mol. The molecule has 0 radical (unpaired) electrons. The van der Waals surface area contributed by atoms with E-state index in [9.17, 15) is 19.2 Å². The SMILES string of the molecule is Cc1cc(OCC(=O)O)c(C(=O)/C=C/c2cccc(OCC(=O)O)c2)c(=O)n1C. The highest BCUT2D eigenvalue weighted by atomic mass is 16.5. The fourth-order valence-electron chi connectivity index (χ4n) is 2.38. The molecule has 0 saturated carbocycles. The molecule has 0 spiro atoms. The van der Waals surface area contributed by atoms with Crippen LogP contribution in [0.4, 0.5) is 0 Å². The maximum atomic E-state index is 12.6. The Morgan fingerprint density at radius 2 is 1.72 bits per heavy atom. The van der Waals surface area contributed by atoms with Crippen molar-refractivity contribution in [1.29, 1.82) is 0 Å². The van der Waals surface area contributed by atoms with Gasteiger partial charge in [0.05, 0.1) is 0 Å². The normalized spacial score (nSPS) is 10.7. The summed E-state index contributed by atoms with van der Waals surface area (Å²) in [5.74, 6) is -2.83. The number of ketones is 1. The number of hydrogen-bond donors (Lipinski definition) is 2. The second kappa shape index (κ2) is 9.36. The van der Waals surface area contributed by atoms with Gasteiger partial charge in [0.2, 0.25) is 0 Å². The molecule has 1 aromatic heterocycles. The Hall–Kier alpha value is -3.88. The van der Waals surface area contributed by atoms with Crippen LogP contribution < -0.4 is 15.0 Å². The van der Waals surface area contributed by atoms with Crippen LogP contribution in [0.1, 0.15) is 21.6 Å². The van der Waals surface area contributed by atoms with Crippen molar-refractivity contribution >= 4 is 23.8 Å². The first-order valence-corrected chi connectivity index (χ1v) is 8.41. The molecule has 9 heteroatoms. The molecule has 2 N–H and O–H groups in total. The van der Waals surface area contributed by atoms with Crippen molar-refractivity contribution < 1.29 is 34.1 Å². The van der Waals surface area contributed by atoms with Crippen molar-refractivity contribution in [3.05, 3.63) is 63.6 Å². The molecule has 0 atom stereocenters. The van der Waals surface area contributed by atoms with Crippen molar-refractivity contribution in [1.82, 2.24) is 4.57 Å². The quantitative estimate of drug-likeness (QED) is 0.477. The number of aryl methyl sites for hydroxylation is 1. The van der Waals surface area contributed by atoms with Gasteiger partial charge in [-0.1, -0.05) is 18.2 Å². The molecule has 2 rings (SSSR count). The molecule has 9 nitrogen and oxygen atoms in total. The van der Waals surface area contributed by atoms with Gasteiger partial charge in [0, 0.05) is 18.8 Å². The van der Waals surface area contributed by atoms with Crippen LogP contribution in [-0.2, 0) is 16.6 Å². The van der Waals surface area contributed by atoms with E-state index < -0.39 is 36.5 Å². The number of carbonyl (C=O) groups is 3. The maximum Gasteiger partial charge on any atom is 0.341 e. The van der Waals surface area contributed by atoms with E-state index in [-0.39, 0.29) is 11.3 Å². The predicted octanol–water partition coefficient (Wildman–Crippen LogP) is 1.52. The number of rotatable bonds is 9. The van der Waals surface area contributed by atoms with E-state index in [4.69, 9.17) is 19.7 Å². The van der Waals surface area contributed by atoms with E-state index in [0.717, 1.165) is 6.08 Å². The Balaban J connectivity index is 2.31. The number of nitrogens with zero attached hydrogens (tertiary/aromatic N) is 1. The van der Waals surface area contributed by atoms with Crippen molar-refractivity contribution in [2.75, 3.05) is 13.2 Å². The second-order valence-electron chi connectivity index (χ2n) is 6.02. The minimum atomic E-state index is -1.24. The van der Waals surface area contributed by atoms with Crippen LogP contribution in [0.15, 0.2) is 41.2 Å². The predicted molar refractivity (Wildman–Crippen MR) is 102 cm³/mol. The first-order chi connectivity index (χ1) is 13.7. The number of aliphatic carboxylic acids is 2. The number of pyridine rings is 1. The van der Waals surface area contributed by atoms with Gasteiger partial charge in [-0.3, -0.25) is 9.59 Å². The Bertz CT molecular complexity index is 1040. The zero-order valence-electron chi connectivity index (χ0n) is 15.7. The lowest BCUT2D eigenvalue weighted by atomic mass is 10.1. The highest BCUT2D eigenvalue weighted by molar-refractivity contribution is 6.08. The van der Waals surface area contributed by atoms with E-state index in [1.165, 1.54) is 29.8 Å². The third kappa shape index (κ3) is 5.80. The number of aromatic nitrogens is 1. The standard InChI is InChI=1S/C20H19NO8/c1-12-8-16(29-11-18(25)26)19(20(27)21(12)2)15(22)7-6-13-4-3-5-14(9-13)28-10-17(23)24/h3-9H,10-11H2,1-2H3,(H,23,24)(H,25,26)/b7-6+. The lowest BCUT2D eigenvalue weighted by molar-refractivity contribution is -0.140. The number of carboxylic acid groups (broad SMARTS) is 2. The van der Waals surface area contributed by atoms with Crippen LogP contribution in [0, 0.1) is 6.92 Å². The maximum absolute atomic E-state index is 12.6. The first-order valence-electron chi connectivity index (χ1n) is 8.41. The summed E-state index contributed by atoms with van der Waals surface area (Å²) in [7, 11) is 1.49. The average Bonchev–Trinajstić information content (AvgIpc) is 2.67. The van der Waals surface area contributed by atoms with Gasteiger partial charge in [0.1, 0.15) is 17.1 Å². The molecule has 2 aromatic rings. The number of allylic oxidation sites excluding steroid dienone is 1. The minimum Gasteiger partial charge on any atom is -0.482 e. The van der Waals surface area contributed by atoms with Gasteiger partial charge in [0.25, 0.3) is 5.56 Å². The summed E-state index contributed by atoms with van der Waals surface area (Å²) >= 11 is 0. The smallest absolute Gasteiger partial charge is 0.341 e. The van der Waals surface area contributed by atoms with E-state index in [2.05, 4.69) is 0 Å². The summed E-state index contributed by atoms with van der Waals surface area (Å²) in [5, 5.41) is 17.5. The van der Waals surface area contributed by atoms with Crippen LogP contribution in [0.3, 0.4) is 0 Å². The number of hydrogen-bond acceptors (Lipinski definition) is 6. The third-order valence-corrected chi connectivity index (χ3v) is 3.88. The summed E-state index contributed by atoms with van der Waals surface area (Å²) in [5.41, 5.74) is 0.143. The largest absolute Gasteiger partial charge is 0.482 e. The number of ether oxygens (including phenoxy) is 2. The summed E-state index contributed by atoms with van der Waals surface area (Å²) in [6.45, 7) is 0.428. The Morgan fingerprint density at radius 1 is 1.07 bits per heavy atom. The van der Waals surface area contributed by atoms with Gasteiger partial charge >= 0.3 is 11.9 Å². The van der Waals surface area contributed by atoms with E-state index in [1.54, 1.807) is 25.1 Å². The number of carboxylic acids is 2. The molecule has 1 aromatic carbocycles. The van der Waals surface area contributed by atoms with Crippen LogP contribution in [0.2, 0.25) is 0 Å². The summed E-state index contributed by atoms with van der Waals surface area (Å²) in [4.78, 5) is 46.5. The Kier molecular flexibility index (Phi) is 6.91. The fourth-order valence-corrected chi connectivity index (χ4v) is 2.38. The highest BCUT2D eigenvalue weighted by Gasteiger charge is 2.19. The topological polar surface area (TPSA) is 132 Å². The molecule has 0 aliphatic heterocycles. The van der Waals surface area contributed by atoms with Gasteiger partial charge in [-0.05, 0) is 30.7 Å². The van der Waals surface area contributed by atoms with Crippen molar-refractivity contribution in [2.24, 2.45) is 7.05 Å². The molecule has 29 heavy (non-hydrogen) atoms. The molecular weight excluding hydrogens is 382 g/mol. The Morgan fingerprint density at radius 3 is 2.38 bits per heavy atom. The number of carbonyl (C=O) groups excluding carboxylic acids is 1. The van der Waals surface area contributed by atoms with Crippen molar-refractivity contribution in [3.8, 4) is 11.5 Å². The van der Waals surface area contributed by atoms with Gasteiger partial charge < -0.3 is 24.3 Å². The first kappa shape index (κ1) is 21.4. The molecule has 0 amide bonds. The van der Waals surface area contributed by atoms with Crippen LogP contribution in [-0.4, -0.2) is 45.7 Å². The average molecular weight is 401 g/mol. The molecule has 0 saturated heterocycles. The van der Waals surface area contributed by atoms with Gasteiger partial charge in [0.15, 0.2) is 19.0 Å². The van der Waals surface area contributed by atoms with Gasteiger partial charge in [-0.2, -0.15) is 0 Å². The third-order valence-electron chi connectivity index (χ3n) is 3.88. The molecule has 0 bridgehead atoms. The van der Waals surface area contributed by atoms with E-state index >= 15 is 0 Å². The molecule has 1 heterocycles. The zero-order chi connectivity index (χ0) is 21.6. The van der Waals surface area contributed by atoms with E-state index in [0.29, 0.717) is 17.0 Å². The van der Waals surface area contributed by atoms with Crippen LogP contribution >= 0.6 is 0 Å². The lowest BCUT2D eigenvalue weighted by Gasteiger charge is -2.12. The highest BCUT2D eigenvalue weighted by Crippen LogP contribution is 2.19. The molecular formula is C20H19NO8. The van der Waals surface area contributed by atoms with Crippen LogP contribution in [0.25, 0.3) is 6.08 Å². The second-order valence-corrected chi connectivity index (χ2v) is 6.02. The minimum absolute atomic E-state index is 0.110. The molecule has 0 fully saturated rings. The van der Waals surface area contributed by atoms with Crippen molar-refractivity contribution in [3.63, 3.8) is 0 Å². The summed E-state index contributed by atoms with van der Waals surface area (Å²) < 4.78 is 11.5. The lowest BCUT2D eigenvalue weighted by Crippen LogP contribution is -2.27. The van der Waals surface area contributed by atoms with Crippen LogP contribution in [0.5, 0.6) is 11.5 Å². The van der Waals surface area contributed by atoms with Gasteiger partial charge in [-0.15, -0.1) is 0 Å². The zero-order valence-corrected chi connectivity index (χ0v) is 15.7. The molecule has 0 aliphatic rings. The van der Waals surface area contributed by atoms with Crippen molar-refractivity contribution in [2.45, 2.75) is 6.92 Å². The summed E-state index contributed by atoms with van der Waals surface area (Å²) in [6, 6.07) is 7.80. The molecule has 0 aliphatic carbocycles. The Labute approximate surface area is 165 Å².